The number of carboxylic acids is 1. The summed E-state index contributed by atoms with van der Waals surface area (Å²) in [6.45, 7) is 0.232. The van der Waals surface area contributed by atoms with Gasteiger partial charge in [-0.1, -0.05) is 18.2 Å². The first-order valence-corrected chi connectivity index (χ1v) is 6.75. The molecule has 6 heteroatoms. The predicted molar refractivity (Wildman–Crippen MR) is 58.4 cm³/mol. The van der Waals surface area contributed by atoms with Gasteiger partial charge in [0.05, 0.1) is 16.9 Å². The number of hydrogen-bond donors (Lipinski definition) is 0. The molecule has 0 amide bonds. The van der Waals surface area contributed by atoms with Crippen molar-refractivity contribution in [2.24, 2.45) is 0 Å². The van der Waals surface area contributed by atoms with Crippen LogP contribution in [0.3, 0.4) is 0 Å². The van der Waals surface area contributed by atoms with Crippen LogP contribution in [0.1, 0.15) is 12.8 Å². The molecular formula is C11H12NO4S-. The lowest BCUT2D eigenvalue weighted by molar-refractivity contribution is -0.309. The maximum Gasteiger partial charge on any atom is 0.243 e. The normalized spacial score (nSPS) is 21.5. The van der Waals surface area contributed by atoms with E-state index in [0.29, 0.717) is 12.8 Å². The van der Waals surface area contributed by atoms with Gasteiger partial charge in [0.25, 0.3) is 0 Å². The van der Waals surface area contributed by atoms with Crippen LogP contribution in [0.2, 0.25) is 0 Å². The Morgan fingerprint density at radius 3 is 2.53 bits per heavy atom. The molecule has 0 saturated carbocycles. The lowest BCUT2D eigenvalue weighted by Crippen LogP contribution is -2.46. The first-order valence-electron chi connectivity index (χ1n) is 5.31. The van der Waals surface area contributed by atoms with Crippen LogP contribution in [0, 0.1) is 0 Å². The fourth-order valence-corrected chi connectivity index (χ4v) is 3.66. The highest BCUT2D eigenvalue weighted by Crippen LogP contribution is 2.25. The van der Waals surface area contributed by atoms with Gasteiger partial charge in [0.2, 0.25) is 10.0 Å². The van der Waals surface area contributed by atoms with E-state index < -0.39 is 22.0 Å². The molecule has 1 atom stereocenters. The van der Waals surface area contributed by atoms with Gasteiger partial charge < -0.3 is 9.90 Å². The van der Waals surface area contributed by atoms with Crippen molar-refractivity contribution in [2.45, 2.75) is 23.8 Å². The summed E-state index contributed by atoms with van der Waals surface area (Å²) in [5, 5.41) is 10.9. The first kappa shape index (κ1) is 12.1. The Morgan fingerprint density at radius 2 is 1.94 bits per heavy atom. The Kier molecular flexibility index (Phi) is 3.17. The molecule has 5 nitrogen and oxygen atoms in total. The minimum atomic E-state index is -3.72. The van der Waals surface area contributed by atoms with E-state index in [9.17, 15) is 18.3 Å². The number of aliphatic carboxylic acids is 1. The van der Waals surface area contributed by atoms with Crippen molar-refractivity contribution >= 4 is 16.0 Å². The van der Waals surface area contributed by atoms with Crippen LogP contribution in [0.5, 0.6) is 0 Å². The molecule has 1 aromatic rings. The summed E-state index contributed by atoms with van der Waals surface area (Å²) in [5.41, 5.74) is 0. The SMILES string of the molecule is O=C([O-])[C@@H]1CCCN1S(=O)(=O)c1ccccc1. The molecule has 17 heavy (non-hydrogen) atoms. The minimum Gasteiger partial charge on any atom is -0.548 e. The Balaban J connectivity index is 2.37. The fraction of sp³-hybridized carbons (Fsp3) is 0.364. The summed E-state index contributed by atoms with van der Waals surface area (Å²) in [5.74, 6) is -1.33. The van der Waals surface area contributed by atoms with Crippen LogP contribution in [0.4, 0.5) is 0 Å². The average molecular weight is 254 g/mol. The van der Waals surface area contributed by atoms with Crippen LogP contribution in [-0.4, -0.2) is 31.3 Å². The number of nitrogens with zero attached hydrogens (tertiary/aromatic N) is 1. The smallest absolute Gasteiger partial charge is 0.243 e. The summed E-state index contributed by atoms with van der Waals surface area (Å²) in [6, 6.07) is 6.80. The number of hydrogen-bond acceptors (Lipinski definition) is 4. The van der Waals surface area contributed by atoms with Gasteiger partial charge in [-0.25, -0.2) is 8.42 Å². The van der Waals surface area contributed by atoms with Crippen LogP contribution < -0.4 is 5.11 Å². The zero-order valence-electron chi connectivity index (χ0n) is 9.07. The van der Waals surface area contributed by atoms with Crippen molar-refractivity contribution < 1.29 is 18.3 Å². The molecule has 0 N–H and O–H groups in total. The second kappa shape index (κ2) is 4.46. The molecule has 1 fully saturated rings. The summed E-state index contributed by atoms with van der Waals surface area (Å²) in [6.07, 6.45) is 0.860. The Labute approximate surface area is 99.7 Å². The van der Waals surface area contributed by atoms with Crippen molar-refractivity contribution in [2.75, 3.05) is 6.54 Å². The quantitative estimate of drug-likeness (QED) is 0.734. The van der Waals surface area contributed by atoms with Gasteiger partial charge in [-0.05, 0) is 25.0 Å². The van der Waals surface area contributed by atoms with Gasteiger partial charge in [-0.3, -0.25) is 0 Å². The molecule has 2 rings (SSSR count). The van der Waals surface area contributed by atoms with Gasteiger partial charge in [0.15, 0.2) is 0 Å². The van der Waals surface area contributed by atoms with E-state index in [2.05, 4.69) is 0 Å². The Bertz CT molecular complexity index is 512. The van der Waals surface area contributed by atoms with Crippen molar-refractivity contribution in [3.05, 3.63) is 30.3 Å². The van der Waals surface area contributed by atoms with E-state index in [1.165, 1.54) is 12.1 Å². The van der Waals surface area contributed by atoms with Crippen molar-refractivity contribution in [1.29, 1.82) is 0 Å². The molecule has 1 heterocycles. The Hall–Kier alpha value is -1.40. The molecule has 0 radical (unpaired) electrons. The van der Waals surface area contributed by atoms with Gasteiger partial charge in [-0.2, -0.15) is 4.31 Å². The molecule has 0 aliphatic carbocycles. The maximum absolute atomic E-state index is 12.2. The third kappa shape index (κ3) is 2.18. The van der Waals surface area contributed by atoms with Gasteiger partial charge >= 0.3 is 0 Å². The fourth-order valence-electron chi connectivity index (χ4n) is 1.99. The minimum absolute atomic E-state index is 0.119. The molecule has 0 spiro atoms. The molecule has 1 aliphatic heterocycles. The third-order valence-corrected chi connectivity index (χ3v) is 4.75. The largest absolute Gasteiger partial charge is 0.548 e. The van der Waals surface area contributed by atoms with Gasteiger partial charge in [-0.15, -0.1) is 0 Å². The number of rotatable bonds is 3. The predicted octanol–water partition coefficient (Wildman–Crippen LogP) is -0.410. The second-order valence-electron chi connectivity index (χ2n) is 3.91. The van der Waals surface area contributed by atoms with E-state index in [0.717, 1.165) is 4.31 Å². The molecular weight excluding hydrogens is 242 g/mol. The third-order valence-electron chi connectivity index (χ3n) is 2.83. The van der Waals surface area contributed by atoms with Crippen LogP contribution in [0.15, 0.2) is 35.2 Å². The van der Waals surface area contributed by atoms with Crippen molar-refractivity contribution in [3.8, 4) is 0 Å². The summed E-state index contributed by atoms with van der Waals surface area (Å²) in [7, 11) is -3.72. The van der Waals surface area contributed by atoms with E-state index in [-0.39, 0.29) is 11.4 Å². The molecule has 0 unspecified atom stereocenters. The molecule has 92 valence electrons. The highest BCUT2D eigenvalue weighted by atomic mass is 32.2. The summed E-state index contributed by atoms with van der Waals surface area (Å²) in [4.78, 5) is 11.0. The Morgan fingerprint density at radius 1 is 1.29 bits per heavy atom. The van der Waals surface area contributed by atoms with Crippen LogP contribution in [0.25, 0.3) is 0 Å². The first-order chi connectivity index (χ1) is 8.03. The van der Waals surface area contributed by atoms with E-state index in [1.54, 1.807) is 18.2 Å². The lowest BCUT2D eigenvalue weighted by atomic mass is 10.2. The molecule has 1 saturated heterocycles. The van der Waals surface area contributed by atoms with Gasteiger partial charge in [0.1, 0.15) is 0 Å². The number of carbonyl (C=O) groups excluding carboxylic acids is 1. The highest BCUT2D eigenvalue weighted by Gasteiger charge is 2.35. The van der Waals surface area contributed by atoms with Crippen LogP contribution >= 0.6 is 0 Å². The lowest BCUT2D eigenvalue weighted by Gasteiger charge is -2.24. The number of carboxylic acid groups (broad SMARTS) is 1. The van der Waals surface area contributed by atoms with E-state index in [4.69, 9.17) is 0 Å². The average Bonchev–Trinajstić information content (AvgIpc) is 2.80. The standard InChI is InChI=1S/C11H13NO4S/c13-11(14)10-7-4-8-12(10)17(15,16)9-5-2-1-3-6-9/h1-3,5-6,10H,4,7-8H2,(H,13,14)/p-1/t10-/m0/s1. The number of benzene rings is 1. The topological polar surface area (TPSA) is 77.5 Å². The zero-order chi connectivity index (χ0) is 12.5. The van der Waals surface area contributed by atoms with Crippen molar-refractivity contribution in [3.63, 3.8) is 0 Å². The second-order valence-corrected chi connectivity index (χ2v) is 5.80. The van der Waals surface area contributed by atoms with E-state index in [1.807, 2.05) is 0 Å². The highest BCUT2D eigenvalue weighted by molar-refractivity contribution is 7.89. The molecule has 0 aromatic heterocycles. The number of carbonyl (C=O) groups is 1. The molecule has 0 bridgehead atoms. The monoisotopic (exact) mass is 254 g/mol. The van der Waals surface area contributed by atoms with E-state index >= 15 is 0 Å². The van der Waals surface area contributed by atoms with Crippen molar-refractivity contribution in [1.82, 2.24) is 4.31 Å². The number of sulfonamides is 1. The molecule has 1 aliphatic rings. The molecule has 1 aromatic carbocycles. The van der Waals surface area contributed by atoms with Crippen LogP contribution in [-0.2, 0) is 14.8 Å². The summed E-state index contributed by atoms with van der Waals surface area (Å²) >= 11 is 0. The zero-order valence-corrected chi connectivity index (χ0v) is 9.89. The summed E-state index contributed by atoms with van der Waals surface area (Å²) < 4.78 is 25.4. The van der Waals surface area contributed by atoms with Gasteiger partial charge in [0, 0.05) is 6.54 Å². The maximum atomic E-state index is 12.2.